The summed E-state index contributed by atoms with van der Waals surface area (Å²) in [6, 6.07) is 4.32. The third-order valence-corrected chi connectivity index (χ3v) is 3.35. The monoisotopic (exact) mass is 401 g/mol. The van der Waals surface area contributed by atoms with Crippen molar-refractivity contribution in [2.75, 3.05) is 0 Å². The topological polar surface area (TPSA) is 44.6 Å². The van der Waals surface area contributed by atoms with Gasteiger partial charge in [-0.1, -0.05) is 13.8 Å². The van der Waals surface area contributed by atoms with Crippen LogP contribution in [-0.2, 0) is 0 Å². The van der Waals surface area contributed by atoms with Crippen molar-refractivity contribution >= 4 is 41.6 Å². The Morgan fingerprint density at radius 2 is 2.13 bits per heavy atom. The molecule has 15 heavy (non-hydrogen) atoms. The number of nitrogens with zero attached hydrogens (tertiary/aromatic N) is 1. The SMILES string of the molecule is CC.OB1NN=[C]([Pb])c2cc(F)ccc21. The Morgan fingerprint density at radius 1 is 1.47 bits per heavy atom. The molecule has 0 aromatic heterocycles. The summed E-state index contributed by atoms with van der Waals surface area (Å²) in [5, 5.41) is 15.9. The van der Waals surface area contributed by atoms with E-state index in [0.29, 0.717) is 5.46 Å². The van der Waals surface area contributed by atoms with Crippen molar-refractivity contribution < 1.29 is 9.41 Å². The fourth-order valence-electron chi connectivity index (χ4n) is 1.23. The molecule has 0 atom stereocenters. The van der Waals surface area contributed by atoms with Gasteiger partial charge in [0.2, 0.25) is 0 Å². The Bertz CT molecular complexity index is 386. The Hall–Kier alpha value is -0.433. The second-order valence-corrected chi connectivity index (χ2v) is 4.56. The normalized spacial score (nSPS) is 13.1. The molecular weight excluding hydrogens is 389 g/mol. The first kappa shape index (κ1) is 12.6. The number of hydrogen-bond acceptors (Lipinski definition) is 3. The second kappa shape index (κ2) is 5.60. The van der Waals surface area contributed by atoms with Crippen molar-refractivity contribution in [1.29, 1.82) is 0 Å². The van der Waals surface area contributed by atoms with Crippen LogP contribution in [0, 0.1) is 5.82 Å². The summed E-state index contributed by atoms with van der Waals surface area (Å²) < 4.78 is 13.7. The molecule has 1 aliphatic heterocycles. The average molecular weight is 400 g/mol. The Kier molecular flexibility index (Phi) is 4.71. The zero-order chi connectivity index (χ0) is 11.4. The predicted molar refractivity (Wildman–Crippen MR) is 60.8 cm³/mol. The van der Waals surface area contributed by atoms with Gasteiger partial charge in [0, 0.05) is 0 Å². The summed E-state index contributed by atoms with van der Waals surface area (Å²) in [6.45, 7) is 4.00. The van der Waals surface area contributed by atoms with Crippen LogP contribution >= 0.6 is 0 Å². The molecule has 3 radical (unpaired) electrons. The number of halogens is 1. The van der Waals surface area contributed by atoms with E-state index in [1.54, 1.807) is 6.07 Å². The zero-order valence-corrected chi connectivity index (χ0v) is 12.5. The van der Waals surface area contributed by atoms with Crippen LogP contribution in [0.4, 0.5) is 4.39 Å². The van der Waals surface area contributed by atoms with Crippen molar-refractivity contribution in [2.24, 2.45) is 5.10 Å². The van der Waals surface area contributed by atoms with Crippen LogP contribution in [0.15, 0.2) is 23.3 Å². The van der Waals surface area contributed by atoms with Gasteiger partial charge in [-0.2, -0.15) is 0 Å². The molecule has 0 bridgehead atoms. The standard InChI is InChI=1S/C7H5BFN2O.C2H6.Pb/c9-6-1-2-7-5(3-6)4-10-11-8(7)12;1-2;/h1-3,11-12H;1-2H3;. The molecule has 0 amide bonds. The summed E-state index contributed by atoms with van der Waals surface area (Å²) in [5.74, 6) is -0.295. The van der Waals surface area contributed by atoms with Gasteiger partial charge in [0.05, 0.1) is 0 Å². The van der Waals surface area contributed by atoms with Crippen LogP contribution in [0.1, 0.15) is 19.4 Å². The van der Waals surface area contributed by atoms with Gasteiger partial charge in [-0.05, 0) is 0 Å². The Morgan fingerprint density at radius 3 is 2.80 bits per heavy atom. The van der Waals surface area contributed by atoms with Gasteiger partial charge in [0.1, 0.15) is 0 Å². The van der Waals surface area contributed by atoms with E-state index in [2.05, 4.69) is 10.4 Å². The van der Waals surface area contributed by atoms with Gasteiger partial charge >= 0.3 is 91.0 Å². The van der Waals surface area contributed by atoms with Crippen molar-refractivity contribution in [1.82, 2.24) is 5.34 Å². The maximum atomic E-state index is 12.9. The van der Waals surface area contributed by atoms with E-state index in [1.165, 1.54) is 12.1 Å². The summed E-state index contributed by atoms with van der Waals surface area (Å²) >= 11 is 0.726. The van der Waals surface area contributed by atoms with Gasteiger partial charge in [0.15, 0.2) is 0 Å². The molecule has 1 aliphatic rings. The minimum atomic E-state index is -0.812. The minimum absolute atomic E-state index is 0.295. The molecule has 0 saturated heterocycles. The number of hydrazone groups is 1. The second-order valence-electron chi connectivity index (χ2n) is 2.72. The van der Waals surface area contributed by atoms with Crippen LogP contribution in [0.5, 0.6) is 0 Å². The Balaban J connectivity index is 0.000000531. The number of benzene rings is 1. The van der Waals surface area contributed by atoms with Crippen LogP contribution in [0.25, 0.3) is 0 Å². The predicted octanol–water partition coefficient (Wildman–Crippen LogP) is -0.0273. The van der Waals surface area contributed by atoms with Crippen LogP contribution in [0.2, 0.25) is 0 Å². The maximum absolute atomic E-state index is 12.9. The van der Waals surface area contributed by atoms with Crippen LogP contribution < -0.4 is 10.8 Å². The van der Waals surface area contributed by atoms with Crippen LogP contribution in [-0.4, -0.2) is 41.1 Å². The van der Waals surface area contributed by atoms with Crippen LogP contribution in [0.3, 0.4) is 0 Å². The molecule has 3 nitrogen and oxygen atoms in total. The fourth-order valence-corrected chi connectivity index (χ4v) is 2.32. The molecule has 2 N–H and O–H groups in total. The molecule has 2 rings (SSSR count). The molecule has 77 valence electrons. The molecule has 0 aliphatic carbocycles. The summed E-state index contributed by atoms with van der Waals surface area (Å²) in [5.41, 5.74) is 1.42. The zero-order valence-electron chi connectivity index (χ0n) is 8.58. The van der Waals surface area contributed by atoms with Crippen molar-refractivity contribution in [2.45, 2.75) is 13.8 Å². The van der Waals surface area contributed by atoms with Gasteiger partial charge < -0.3 is 0 Å². The molecule has 0 unspecified atom stereocenters. The third-order valence-electron chi connectivity index (χ3n) is 1.86. The van der Waals surface area contributed by atoms with Gasteiger partial charge in [-0.25, -0.2) is 0 Å². The first-order chi connectivity index (χ1) is 7.18. The van der Waals surface area contributed by atoms with Crippen molar-refractivity contribution in [3.8, 4) is 0 Å². The van der Waals surface area contributed by atoms with Gasteiger partial charge in [0.25, 0.3) is 0 Å². The summed E-state index contributed by atoms with van der Waals surface area (Å²) in [4.78, 5) is 0. The van der Waals surface area contributed by atoms with Crippen molar-refractivity contribution in [3.05, 3.63) is 29.6 Å². The van der Waals surface area contributed by atoms with Gasteiger partial charge in [-0.15, -0.1) is 0 Å². The number of nitrogens with one attached hydrogen (secondary N) is 1. The van der Waals surface area contributed by atoms with E-state index in [9.17, 15) is 9.41 Å². The molecule has 1 aromatic carbocycles. The molecule has 0 spiro atoms. The van der Waals surface area contributed by atoms with E-state index in [1.807, 2.05) is 13.8 Å². The first-order valence-electron chi connectivity index (χ1n) is 4.71. The summed E-state index contributed by atoms with van der Waals surface area (Å²) in [6.07, 6.45) is 0. The summed E-state index contributed by atoms with van der Waals surface area (Å²) in [7, 11) is -0.812. The van der Waals surface area contributed by atoms with E-state index in [0.717, 1.165) is 34.6 Å². The Labute approximate surface area is 105 Å². The van der Waals surface area contributed by atoms with Gasteiger partial charge in [-0.3, -0.25) is 0 Å². The first-order valence-corrected chi connectivity index (χ1v) is 6.65. The molecule has 6 heteroatoms. The molecule has 0 saturated carbocycles. The number of hydrogen-bond donors (Lipinski definition) is 2. The van der Waals surface area contributed by atoms with E-state index in [-0.39, 0.29) is 5.82 Å². The molecular formula is C9H11BFN2OPb. The van der Waals surface area contributed by atoms with Crippen molar-refractivity contribution in [3.63, 3.8) is 0 Å². The van der Waals surface area contributed by atoms with E-state index >= 15 is 0 Å². The number of fused-ring (bicyclic) bond motifs is 1. The molecule has 1 aromatic rings. The third kappa shape index (κ3) is 2.78. The molecule has 1 heterocycles. The quantitative estimate of drug-likeness (QED) is 0.602. The average Bonchev–Trinajstić information content (AvgIpc) is 2.27. The fraction of sp³-hybridized carbons (Fsp3) is 0.222. The number of rotatable bonds is 0. The van der Waals surface area contributed by atoms with E-state index < -0.39 is 7.05 Å². The van der Waals surface area contributed by atoms with E-state index in [4.69, 9.17) is 0 Å². The molecule has 0 fully saturated rings.